The third kappa shape index (κ3) is 39.1. The van der Waals surface area contributed by atoms with E-state index in [2.05, 4.69) is 19.2 Å². The molecular weight excluding hydrogens is 721 g/mol. The number of hydrogen-bond donors (Lipinski definition) is 4. The molecule has 55 heavy (non-hydrogen) atoms. The van der Waals surface area contributed by atoms with E-state index >= 15 is 0 Å². The van der Waals surface area contributed by atoms with Gasteiger partial charge in [0.2, 0.25) is 5.91 Å². The van der Waals surface area contributed by atoms with Crippen molar-refractivity contribution in [3.8, 4) is 0 Å². The van der Waals surface area contributed by atoms with Crippen molar-refractivity contribution in [3.63, 3.8) is 0 Å². The number of phosphoric ester groups is 1. The molecule has 1 amide bonds. The first-order valence-corrected chi connectivity index (χ1v) is 24.1. The monoisotopic (exact) mass is 806 g/mol. The van der Waals surface area contributed by atoms with Crippen LogP contribution in [0.4, 0.5) is 0 Å². The minimum atomic E-state index is -4.75. The van der Waals surface area contributed by atoms with Crippen molar-refractivity contribution in [2.24, 2.45) is 0 Å². The third-order valence-corrected chi connectivity index (χ3v) is 11.1. The minimum absolute atomic E-state index is 0.153. The van der Waals surface area contributed by atoms with Crippen LogP contribution in [0.1, 0.15) is 226 Å². The van der Waals surface area contributed by atoms with Crippen LogP contribution in [-0.2, 0) is 32.7 Å². The van der Waals surface area contributed by atoms with Crippen molar-refractivity contribution in [2.45, 2.75) is 238 Å². The zero-order valence-corrected chi connectivity index (χ0v) is 36.2. The molecule has 4 N–H and O–H groups in total. The molecule has 11 nitrogen and oxygen atoms in total. The Morgan fingerprint density at radius 3 is 1.20 bits per heavy atom. The Bertz CT molecular complexity index is 952. The number of phosphoric acid groups is 1. The average Bonchev–Trinajstić information content (AvgIpc) is 3.16. The summed E-state index contributed by atoms with van der Waals surface area (Å²) >= 11 is 0. The van der Waals surface area contributed by atoms with Gasteiger partial charge >= 0.3 is 19.8 Å². The predicted octanol–water partition coefficient (Wildman–Crippen LogP) is 11.5. The number of carboxylic acid groups (broad SMARTS) is 1. The van der Waals surface area contributed by atoms with E-state index in [0.29, 0.717) is 12.8 Å². The number of hydrogen-bond acceptors (Lipinski definition) is 8. The molecule has 0 spiro atoms. The molecule has 0 heterocycles. The maximum Gasteiger partial charge on any atom is 0.472 e. The van der Waals surface area contributed by atoms with Crippen LogP contribution in [0.15, 0.2) is 0 Å². The van der Waals surface area contributed by atoms with Gasteiger partial charge < -0.3 is 25.2 Å². The normalized spacial score (nSPS) is 13.7. The number of aliphatic hydroxyl groups is 1. The van der Waals surface area contributed by atoms with E-state index in [4.69, 9.17) is 13.8 Å². The summed E-state index contributed by atoms with van der Waals surface area (Å²) < 4.78 is 26.8. The molecule has 0 aliphatic heterocycles. The number of aliphatic carboxylic acids is 1. The average molecular weight is 806 g/mol. The second-order valence-electron chi connectivity index (χ2n) is 15.6. The fourth-order valence-corrected chi connectivity index (χ4v) is 7.38. The molecule has 0 aromatic carbocycles. The molecule has 12 heteroatoms. The van der Waals surface area contributed by atoms with Crippen molar-refractivity contribution in [2.75, 3.05) is 19.8 Å². The fourth-order valence-electron chi connectivity index (χ4n) is 6.61. The van der Waals surface area contributed by atoms with E-state index in [1.807, 2.05) is 0 Å². The van der Waals surface area contributed by atoms with E-state index in [-0.39, 0.29) is 12.8 Å². The maximum atomic E-state index is 12.3. The highest BCUT2D eigenvalue weighted by Crippen LogP contribution is 2.43. The zero-order chi connectivity index (χ0) is 40.7. The Labute approximate surface area is 335 Å². The predicted molar refractivity (Wildman–Crippen MR) is 222 cm³/mol. The number of nitrogens with one attached hydrogen (secondary N) is 1. The summed E-state index contributed by atoms with van der Waals surface area (Å²) in [7, 11) is -4.75. The van der Waals surface area contributed by atoms with Gasteiger partial charge in [0.15, 0.2) is 6.04 Å². The van der Waals surface area contributed by atoms with Crippen LogP contribution < -0.4 is 5.32 Å². The van der Waals surface area contributed by atoms with E-state index in [0.717, 1.165) is 38.5 Å². The molecule has 0 bridgehead atoms. The standard InChI is InChI=1S/C43H84NO10P/c1-3-5-7-9-11-13-15-17-19-21-22-24-26-28-30-32-34-41(46)44-40(43(48)49)38-54-55(50,51)53-37-39(45)36-52-42(47)35-33-31-29-27-25-23-20-18-16-14-12-10-8-6-4-2/h39-40,45H,3-38H2,1-2H3,(H,44,46)(H,48,49)(H,50,51). The zero-order valence-electron chi connectivity index (χ0n) is 35.3. The lowest BCUT2D eigenvalue weighted by Crippen LogP contribution is -2.43. The molecule has 0 aromatic rings. The van der Waals surface area contributed by atoms with Gasteiger partial charge in [0.1, 0.15) is 12.7 Å². The van der Waals surface area contributed by atoms with Crippen molar-refractivity contribution in [1.82, 2.24) is 5.32 Å². The highest BCUT2D eigenvalue weighted by molar-refractivity contribution is 7.47. The Kier molecular flexibility index (Phi) is 38.2. The Hall–Kier alpha value is -1.52. The number of rotatable bonds is 43. The molecule has 0 fully saturated rings. The lowest BCUT2D eigenvalue weighted by atomic mass is 10.0. The van der Waals surface area contributed by atoms with Crippen LogP contribution in [0.3, 0.4) is 0 Å². The van der Waals surface area contributed by atoms with E-state index in [1.54, 1.807) is 0 Å². The minimum Gasteiger partial charge on any atom is -0.480 e. The SMILES string of the molecule is CCCCCCCCCCCCCCCCCCC(=O)NC(COP(=O)(O)OCC(O)COC(=O)CCCCCCCCCCCCCCCCC)C(=O)O. The Morgan fingerprint density at radius 2 is 0.836 bits per heavy atom. The summed E-state index contributed by atoms with van der Waals surface area (Å²) in [5, 5.41) is 21.8. The molecule has 0 saturated carbocycles. The van der Waals surface area contributed by atoms with Gasteiger partial charge in [0.25, 0.3) is 0 Å². The van der Waals surface area contributed by atoms with Gasteiger partial charge in [-0.15, -0.1) is 0 Å². The van der Waals surface area contributed by atoms with Crippen LogP contribution in [0.25, 0.3) is 0 Å². The smallest absolute Gasteiger partial charge is 0.472 e. The highest BCUT2D eigenvalue weighted by Gasteiger charge is 2.28. The number of ether oxygens (including phenoxy) is 1. The van der Waals surface area contributed by atoms with Crippen LogP contribution in [0, 0.1) is 0 Å². The first-order valence-electron chi connectivity index (χ1n) is 22.6. The van der Waals surface area contributed by atoms with Gasteiger partial charge in [-0.1, -0.05) is 200 Å². The van der Waals surface area contributed by atoms with E-state index in [1.165, 1.54) is 148 Å². The molecule has 326 valence electrons. The molecule has 0 rings (SSSR count). The first kappa shape index (κ1) is 53.5. The second kappa shape index (κ2) is 39.3. The number of carboxylic acids is 1. The summed E-state index contributed by atoms with van der Waals surface area (Å²) in [6.07, 6.45) is 36.9. The van der Waals surface area contributed by atoms with Crippen molar-refractivity contribution in [3.05, 3.63) is 0 Å². The second-order valence-corrected chi connectivity index (χ2v) is 17.1. The van der Waals surface area contributed by atoms with E-state index in [9.17, 15) is 34.1 Å². The molecule has 3 unspecified atom stereocenters. The van der Waals surface area contributed by atoms with Crippen LogP contribution in [-0.4, -0.2) is 64.9 Å². The summed E-state index contributed by atoms with van der Waals surface area (Å²) in [5.74, 6) is -2.35. The van der Waals surface area contributed by atoms with Gasteiger partial charge in [-0.3, -0.25) is 18.6 Å². The fraction of sp³-hybridized carbons (Fsp3) is 0.930. The van der Waals surface area contributed by atoms with Crippen LogP contribution in [0.2, 0.25) is 0 Å². The topological polar surface area (TPSA) is 169 Å². The summed E-state index contributed by atoms with van der Waals surface area (Å²) in [6, 6.07) is -1.54. The number of aliphatic hydroxyl groups excluding tert-OH is 1. The summed E-state index contributed by atoms with van der Waals surface area (Å²) in [6.45, 7) is 2.63. The largest absolute Gasteiger partial charge is 0.480 e. The van der Waals surface area contributed by atoms with Gasteiger partial charge in [0, 0.05) is 12.8 Å². The quantitative estimate of drug-likeness (QED) is 0.0264. The molecular formula is C43H84NO10P. The lowest BCUT2D eigenvalue weighted by Gasteiger charge is -2.18. The van der Waals surface area contributed by atoms with Crippen LogP contribution >= 0.6 is 7.82 Å². The molecule has 0 aromatic heterocycles. The number of carbonyl (C=O) groups excluding carboxylic acids is 2. The highest BCUT2D eigenvalue weighted by atomic mass is 31.2. The molecule has 0 radical (unpaired) electrons. The number of carbonyl (C=O) groups is 3. The maximum absolute atomic E-state index is 12.3. The van der Waals surface area contributed by atoms with Crippen molar-refractivity contribution < 1.29 is 47.8 Å². The Balaban J connectivity index is 3.86. The molecule has 3 atom stereocenters. The number of unbranched alkanes of at least 4 members (excludes halogenated alkanes) is 29. The number of esters is 1. The molecule has 0 saturated heterocycles. The Morgan fingerprint density at radius 1 is 0.509 bits per heavy atom. The first-order chi connectivity index (χ1) is 26.6. The lowest BCUT2D eigenvalue weighted by molar-refractivity contribution is -0.147. The third-order valence-electron chi connectivity index (χ3n) is 10.1. The molecule has 0 aliphatic carbocycles. The molecule has 0 aliphatic rings. The number of amides is 1. The van der Waals surface area contributed by atoms with Gasteiger partial charge in [-0.2, -0.15) is 0 Å². The van der Waals surface area contributed by atoms with Crippen molar-refractivity contribution in [1.29, 1.82) is 0 Å². The van der Waals surface area contributed by atoms with E-state index < -0.39 is 57.6 Å². The van der Waals surface area contributed by atoms with Gasteiger partial charge in [-0.25, -0.2) is 9.36 Å². The van der Waals surface area contributed by atoms with Crippen molar-refractivity contribution >= 4 is 25.7 Å². The van der Waals surface area contributed by atoms with Gasteiger partial charge in [0.05, 0.1) is 13.2 Å². The van der Waals surface area contributed by atoms with Crippen LogP contribution in [0.5, 0.6) is 0 Å². The van der Waals surface area contributed by atoms with Gasteiger partial charge in [-0.05, 0) is 12.8 Å². The summed E-state index contributed by atoms with van der Waals surface area (Å²) in [5.41, 5.74) is 0. The summed E-state index contributed by atoms with van der Waals surface area (Å²) in [4.78, 5) is 45.9.